The minimum absolute atomic E-state index is 0.0269. The minimum Gasteiger partial charge on any atom is -0.486 e. The molecule has 0 unspecified atom stereocenters. The van der Waals surface area contributed by atoms with Gasteiger partial charge in [0.2, 0.25) is 0 Å². The van der Waals surface area contributed by atoms with Crippen molar-refractivity contribution in [1.82, 2.24) is 15.1 Å². The number of aromatic nitrogens is 2. The van der Waals surface area contributed by atoms with E-state index in [1.807, 2.05) is 12.1 Å². The number of fused-ring (bicyclic) bond motifs is 2. The van der Waals surface area contributed by atoms with Crippen molar-refractivity contribution in [3.8, 4) is 11.5 Å². The molecule has 2 aliphatic rings. The Morgan fingerprint density at radius 3 is 2.92 bits per heavy atom. The van der Waals surface area contributed by atoms with E-state index in [-0.39, 0.29) is 5.54 Å². The third-order valence-corrected chi connectivity index (χ3v) is 5.01. The van der Waals surface area contributed by atoms with Crippen molar-refractivity contribution in [2.75, 3.05) is 13.2 Å². The molecular formula is C20H27N3O2. The van der Waals surface area contributed by atoms with Gasteiger partial charge >= 0.3 is 0 Å². The number of ether oxygens (including phenoxy) is 2. The highest BCUT2D eigenvalue weighted by Gasteiger charge is 2.28. The predicted molar refractivity (Wildman–Crippen MR) is 97.2 cm³/mol. The van der Waals surface area contributed by atoms with E-state index in [2.05, 4.69) is 48.1 Å². The van der Waals surface area contributed by atoms with Gasteiger partial charge in [-0.2, -0.15) is 5.10 Å². The van der Waals surface area contributed by atoms with E-state index in [4.69, 9.17) is 9.47 Å². The van der Waals surface area contributed by atoms with Crippen molar-refractivity contribution in [3.63, 3.8) is 0 Å². The van der Waals surface area contributed by atoms with Crippen LogP contribution in [0.25, 0.3) is 0 Å². The first kappa shape index (κ1) is 16.5. The molecule has 1 atom stereocenters. The van der Waals surface area contributed by atoms with Gasteiger partial charge in [-0.3, -0.25) is 4.68 Å². The number of benzene rings is 1. The fraction of sp³-hybridized carbons (Fsp3) is 0.550. The summed E-state index contributed by atoms with van der Waals surface area (Å²) in [5.41, 5.74) is 3.92. The van der Waals surface area contributed by atoms with E-state index in [0.29, 0.717) is 19.3 Å². The van der Waals surface area contributed by atoms with Crippen molar-refractivity contribution >= 4 is 0 Å². The van der Waals surface area contributed by atoms with Crippen molar-refractivity contribution < 1.29 is 9.47 Å². The van der Waals surface area contributed by atoms with Crippen LogP contribution in [0.2, 0.25) is 0 Å². The molecule has 1 N–H and O–H groups in total. The Balaban J connectivity index is 1.53. The zero-order chi connectivity index (χ0) is 17.4. The standard InChI is InChI=1S/C20H27N3O2/c1-20(2,3)23-17-8-5-7-16(15(17)13-22-23)21-12-14-6-4-9-18-19(14)25-11-10-24-18/h4,6,9,13,16,21H,5,7-8,10-12H2,1-3H3/t16-/m1/s1. The number of hydrogen-bond acceptors (Lipinski definition) is 4. The van der Waals surface area contributed by atoms with Gasteiger partial charge in [0, 0.05) is 29.4 Å². The van der Waals surface area contributed by atoms with Crippen LogP contribution in [0.1, 0.15) is 56.5 Å². The lowest BCUT2D eigenvalue weighted by atomic mass is 9.92. The highest BCUT2D eigenvalue weighted by molar-refractivity contribution is 5.47. The first-order chi connectivity index (χ1) is 12.0. The summed E-state index contributed by atoms with van der Waals surface area (Å²) in [6.07, 6.45) is 5.51. The summed E-state index contributed by atoms with van der Waals surface area (Å²) in [6.45, 7) is 8.66. The first-order valence-electron chi connectivity index (χ1n) is 9.22. The van der Waals surface area contributed by atoms with Crippen LogP contribution in [-0.2, 0) is 18.5 Å². The Morgan fingerprint density at radius 1 is 1.24 bits per heavy atom. The molecule has 1 aliphatic carbocycles. The quantitative estimate of drug-likeness (QED) is 0.927. The van der Waals surface area contributed by atoms with Crippen LogP contribution >= 0.6 is 0 Å². The number of hydrogen-bond donors (Lipinski definition) is 1. The highest BCUT2D eigenvalue weighted by atomic mass is 16.6. The summed E-state index contributed by atoms with van der Waals surface area (Å²) < 4.78 is 13.7. The van der Waals surface area contributed by atoms with E-state index in [1.165, 1.54) is 17.7 Å². The summed E-state index contributed by atoms with van der Waals surface area (Å²) in [5, 5.41) is 8.40. The smallest absolute Gasteiger partial charge is 0.165 e. The topological polar surface area (TPSA) is 48.3 Å². The Labute approximate surface area is 149 Å². The average molecular weight is 341 g/mol. The number of nitrogens with one attached hydrogen (secondary N) is 1. The fourth-order valence-electron chi connectivity index (χ4n) is 3.85. The molecule has 2 heterocycles. The number of rotatable bonds is 3. The van der Waals surface area contributed by atoms with Gasteiger partial charge in [0.15, 0.2) is 11.5 Å². The third-order valence-electron chi connectivity index (χ3n) is 5.01. The maximum absolute atomic E-state index is 5.83. The molecule has 2 aromatic rings. The fourth-order valence-corrected chi connectivity index (χ4v) is 3.85. The van der Waals surface area contributed by atoms with Crippen molar-refractivity contribution in [1.29, 1.82) is 0 Å². The molecule has 0 amide bonds. The molecule has 134 valence electrons. The molecule has 0 spiro atoms. The van der Waals surface area contributed by atoms with Gasteiger partial charge in [-0.1, -0.05) is 12.1 Å². The Kier molecular flexibility index (Phi) is 4.20. The molecule has 0 saturated carbocycles. The molecule has 25 heavy (non-hydrogen) atoms. The van der Waals surface area contributed by atoms with E-state index in [0.717, 1.165) is 36.4 Å². The Morgan fingerprint density at radius 2 is 2.08 bits per heavy atom. The maximum atomic E-state index is 5.83. The highest BCUT2D eigenvalue weighted by Crippen LogP contribution is 2.35. The molecule has 5 nitrogen and oxygen atoms in total. The lowest BCUT2D eigenvalue weighted by molar-refractivity contribution is 0.169. The first-order valence-corrected chi connectivity index (χ1v) is 9.22. The summed E-state index contributed by atoms with van der Waals surface area (Å²) >= 11 is 0. The van der Waals surface area contributed by atoms with Crippen LogP contribution in [0.5, 0.6) is 11.5 Å². The van der Waals surface area contributed by atoms with Gasteiger partial charge in [-0.25, -0.2) is 0 Å². The third kappa shape index (κ3) is 3.13. The molecule has 5 heteroatoms. The maximum Gasteiger partial charge on any atom is 0.165 e. The molecule has 0 bridgehead atoms. The van der Waals surface area contributed by atoms with Crippen LogP contribution in [0.4, 0.5) is 0 Å². The predicted octanol–water partition coefficient (Wildman–Crippen LogP) is 3.58. The van der Waals surface area contributed by atoms with Gasteiger partial charge in [-0.15, -0.1) is 0 Å². The largest absolute Gasteiger partial charge is 0.486 e. The van der Waals surface area contributed by atoms with Gasteiger partial charge in [0.25, 0.3) is 0 Å². The molecule has 1 aromatic heterocycles. The summed E-state index contributed by atoms with van der Waals surface area (Å²) in [5.74, 6) is 1.75. The van der Waals surface area contributed by atoms with Crippen LogP contribution in [0.3, 0.4) is 0 Å². The molecule has 0 radical (unpaired) electrons. The second-order valence-corrected chi connectivity index (χ2v) is 7.90. The molecule has 4 rings (SSSR count). The van der Waals surface area contributed by atoms with Crippen LogP contribution < -0.4 is 14.8 Å². The SMILES string of the molecule is CC(C)(C)n1ncc2c1CCC[C@H]2NCc1cccc2c1OCCO2. The Bertz CT molecular complexity index is 761. The zero-order valence-corrected chi connectivity index (χ0v) is 15.3. The number of para-hydroxylation sites is 1. The van der Waals surface area contributed by atoms with Gasteiger partial charge in [0.05, 0.1) is 11.7 Å². The van der Waals surface area contributed by atoms with E-state index in [1.54, 1.807) is 0 Å². The second kappa shape index (κ2) is 6.37. The summed E-state index contributed by atoms with van der Waals surface area (Å²) in [7, 11) is 0. The average Bonchev–Trinajstić information content (AvgIpc) is 3.05. The monoisotopic (exact) mass is 341 g/mol. The van der Waals surface area contributed by atoms with Crippen LogP contribution in [0, 0.1) is 0 Å². The van der Waals surface area contributed by atoms with Crippen molar-refractivity contribution in [2.24, 2.45) is 0 Å². The summed E-state index contributed by atoms with van der Waals surface area (Å²) in [6, 6.07) is 6.47. The molecule has 0 saturated heterocycles. The van der Waals surface area contributed by atoms with Gasteiger partial charge in [0.1, 0.15) is 13.2 Å². The lowest BCUT2D eigenvalue weighted by Crippen LogP contribution is -2.29. The lowest BCUT2D eigenvalue weighted by Gasteiger charge is -2.28. The van der Waals surface area contributed by atoms with Crippen molar-refractivity contribution in [2.45, 2.75) is 58.2 Å². The number of nitrogens with zero attached hydrogens (tertiary/aromatic N) is 2. The Hall–Kier alpha value is -2.01. The summed E-state index contributed by atoms with van der Waals surface area (Å²) in [4.78, 5) is 0. The molecular weight excluding hydrogens is 314 g/mol. The molecule has 1 aromatic carbocycles. The zero-order valence-electron chi connectivity index (χ0n) is 15.3. The van der Waals surface area contributed by atoms with Crippen LogP contribution in [-0.4, -0.2) is 23.0 Å². The minimum atomic E-state index is 0.0269. The van der Waals surface area contributed by atoms with Gasteiger partial charge < -0.3 is 14.8 Å². The van der Waals surface area contributed by atoms with Crippen LogP contribution in [0.15, 0.2) is 24.4 Å². The molecule has 0 fully saturated rings. The van der Waals surface area contributed by atoms with E-state index in [9.17, 15) is 0 Å². The molecule has 1 aliphatic heterocycles. The van der Waals surface area contributed by atoms with E-state index >= 15 is 0 Å². The normalized spacial score (nSPS) is 19.6. The second-order valence-electron chi connectivity index (χ2n) is 7.90. The van der Waals surface area contributed by atoms with E-state index < -0.39 is 0 Å². The van der Waals surface area contributed by atoms with Crippen molar-refractivity contribution in [3.05, 3.63) is 41.2 Å². The van der Waals surface area contributed by atoms with Gasteiger partial charge in [-0.05, 0) is 46.1 Å².